The van der Waals surface area contributed by atoms with Crippen molar-refractivity contribution in [2.24, 2.45) is 0 Å². The number of hydrogen-bond donors (Lipinski definition) is 0. The molecule has 0 saturated carbocycles. The van der Waals surface area contributed by atoms with E-state index >= 15 is 0 Å². The maximum Gasteiger partial charge on any atom is 0.122 e. The predicted molar refractivity (Wildman–Crippen MR) is 55.9 cm³/mol. The van der Waals surface area contributed by atoms with Gasteiger partial charge in [0.2, 0.25) is 0 Å². The Balaban J connectivity index is 2.66. The Hall–Kier alpha value is -0.980. The SMILES string of the molecule is [CH2]CCc1ccccc1OCCC. The molecule has 1 radical (unpaired) electrons. The van der Waals surface area contributed by atoms with E-state index in [-0.39, 0.29) is 0 Å². The first-order valence-electron chi connectivity index (χ1n) is 4.88. The van der Waals surface area contributed by atoms with Gasteiger partial charge in [-0.3, -0.25) is 0 Å². The van der Waals surface area contributed by atoms with Crippen LogP contribution in [0.4, 0.5) is 0 Å². The van der Waals surface area contributed by atoms with E-state index in [0.29, 0.717) is 0 Å². The first-order chi connectivity index (χ1) is 6.38. The fourth-order valence-corrected chi connectivity index (χ4v) is 1.25. The van der Waals surface area contributed by atoms with Crippen molar-refractivity contribution in [2.45, 2.75) is 26.2 Å². The molecule has 0 saturated heterocycles. The molecule has 1 aromatic rings. The van der Waals surface area contributed by atoms with Crippen molar-refractivity contribution < 1.29 is 4.74 Å². The molecule has 0 atom stereocenters. The Bertz CT molecular complexity index is 243. The van der Waals surface area contributed by atoms with Crippen LogP contribution in [0.1, 0.15) is 25.3 Å². The van der Waals surface area contributed by atoms with Gasteiger partial charge in [-0.2, -0.15) is 0 Å². The highest BCUT2D eigenvalue weighted by Gasteiger charge is 2.00. The molecule has 0 amide bonds. The normalized spacial score (nSPS) is 10.0. The molecule has 0 spiro atoms. The molecule has 0 aliphatic rings. The zero-order valence-electron chi connectivity index (χ0n) is 8.25. The fraction of sp³-hybridized carbons (Fsp3) is 0.417. The third-order valence-corrected chi connectivity index (χ3v) is 1.88. The van der Waals surface area contributed by atoms with E-state index in [1.165, 1.54) is 5.56 Å². The van der Waals surface area contributed by atoms with Gasteiger partial charge in [-0.1, -0.05) is 32.0 Å². The Morgan fingerprint density at radius 1 is 1.31 bits per heavy atom. The third-order valence-electron chi connectivity index (χ3n) is 1.88. The van der Waals surface area contributed by atoms with Crippen LogP contribution >= 0.6 is 0 Å². The van der Waals surface area contributed by atoms with Gasteiger partial charge in [0, 0.05) is 0 Å². The molecule has 1 nitrogen and oxygen atoms in total. The second kappa shape index (κ2) is 5.63. The fourth-order valence-electron chi connectivity index (χ4n) is 1.25. The van der Waals surface area contributed by atoms with Gasteiger partial charge in [0.1, 0.15) is 5.75 Å². The van der Waals surface area contributed by atoms with Crippen molar-refractivity contribution in [3.63, 3.8) is 0 Å². The molecule has 71 valence electrons. The van der Waals surface area contributed by atoms with E-state index in [1.807, 2.05) is 18.2 Å². The lowest BCUT2D eigenvalue weighted by atomic mass is 10.1. The van der Waals surface area contributed by atoms with E-state index in [2.05, 4.69) is 19.9 Å². The summed E-state index contributed by atoms with van der Waals surface area (Å²) in [4.78, 5) is 0. The molecule has 0 N–H and O–H groups in total. The molecule has 0 aromatic heterocycles. The largest absolute Gasteiger partial charge is 0.493 e. The smallest absolute Gasteiger partial charge is 0.122 e. The summed E-state index contributed by atoms with van der Waals surface area (Å²) in [5.74, 6) is 1.02. The van der Waals surface area contributed by atoms with Gasteiger partial charge in [-0.25, -0.2) is 0 Å². The highest BCUT2D eigenvalue weighted by atomic mass is 16.5. The van der Waals surface area contributed by atoms with Crippen LogP contribution in [0.15, 0.2) is 24.3 Å². The van der Waals surface area contributed by atoms with Gasteiger partial charge in [0.25, 0.3) is 0 Å². The maximum absolute atomic E-state index is 5.61. The Labute approximate surface area is 80.7 Å². The molecule has 1 heteroatoms. The standard InChI is InChI=1S/C12H17O/c1-3-7-11-8-5-6-9-12(11)13-10-4-2/h5-6,8-9H,1,3-4,7,10H2,2H3. The molecule has 1 rings (SSSR count). The zero-order chi connectivity index (χ0) is 9.52. The molecule has 0 bridgehead atoms. The highest BCUT2D eigenvalue weighted by Crippen LogP contribution is 2.19. The first kappa shape index (κ1) is 10.1. The lowest BCUT2D eigenvalue weighted by molar-refractivity contribution is 0.314. The summed E-state index contributed by atoms with van der Waals surface area (Å²) in [6, 6.07) is 8.19. The quantitative estimate of drug-likeness (QED) is 0.671. The molecule has 0 aliphatic carbocycles. The number of benzene rings is 1. The van der Waals surface area contributed by atoms with Gasteiger partial charge < -0.3 is 4.74 Å². The number of ether oxygens (including phenoxy) is 1. The molecule has 0 heterocycles. The second-order valence-electron chi connectivity index (χ2n) is 3.06. The monoisotopic (exact) mass is 177 g/mol. The minimum absolute atomic E-state index is 0.800. The Kier molecular flexibility index (Phi) is 4.37. The lowest BCUT2D eigenvalue weighted by Crippen LogP contribution is -1.98. The van der Waals surface area contributed by atoms with E-state index in [9.17, 15) is 0 Å². The average molecular weight is 177 g/mol. The molecule has 1 aromatic carbocycles. The van der Waals surface area contributed by atoms with Crippen LogP contribution in [-0.2, 0) is 6.42 Å². The minimum atomic E-state index is 0.800. The number of aryl methyl sites for hydroxylation is 1. The first-order valence-corrected chi connectivity index (χ1v) is 4.88. The predicted octanol–water partition coefficient (Wildman–Crippen LogP) is 3.24. The second-order valence-corrected chi connectivity index (χ2v) is 3.06. The summed E-state index contributed by atoms with van der Waals surface area (Å²) in [7, 11) is 0. The Morgan fingerprint density at radius 3 is 2.77 bits per heavy atom. The molecule has 0 fully saturated rings. The molecular formula is C12H17O. The Morgan fingerprint density at radius 2 is 2.08 bits per heavy atom. The van der Waals surface area contributed by atoms with E-state index in [4.69, 9.17) is 4.74 Å². The van der Waals surface area contributed by atoms with Gasteiger partial charge in [-0.15, -0.1) is 0 Å². The third kappa shape index (κ3) is 3.10. The minimum Gasteiger partial charge on any atom is -0.493 e. The van der Waals surface area contributed by atoms with Gasteiger partial charge in [0.05, 0.1) is 6.61 Å². The van der Waals surface area contributed by atoms with Crippen molar-refractivity contribution in [1.82, 2.24) is 0 Å². The summed E-state index contributed by atoms with van der Waals surface area (Å²) in [6.45, 7) is 6.76. The van der Waals surface area contributed by atoms with Crippen LogP contribution in [-0.4, -0.2) is 6.61 Å². The highest BCUT2D eigenvalue weighted by molar-refractivity contribution is 5.33. The van der Waals surface area contributed by atoms with Crippen molar-refractivity contribution in [3.8, 4) is 5.75 Å². The number of hydrogen-bond acceptors (Lipinski definition) is 1. The van der Waals surface area contributed by atoms with Gasteiger partial charge in [0.15, 0.2) is 0 Å². The summed E-state index contributed by atoms with van der Waals surface area (Å²) in [5.41, 5.74) is 1.27. The summed E-state index contributed by atoms with van der Waals surface area (Å²) in [5, 5.41) is 0. The summed E-state index contributed by atoms with van der Waals surface area (Å²) < 4.78 is 5.61. The molecule has 0 unspecified atom stereocenters. The topological polar surface area (TPSA) is 9.23 Å². The van der Waals surface area contributed by atoms with Crippen LogP contribution in [0.3, 0.4) is 0 Å². The van der Waals surface area contributed by atoms with E-state index in [0.717, 1.165) is 31.6 Å². The van der Waals surface area contributed by atoms with E-state index in [1.54, 1.807) is 0 Å². The van der Waals surface area contributed by atoms with Crippen LogP contribution in [0.25, 0.3) is 0 Å². The van der Waals surface area contributed by atoms with Crippen molar-refractivity contribution in [1.29, 1.82) is 0 Å². The van der Waals surface area contributed by atoms with Crippen molar-refractivity contribution >= 4 is 0 Å². The molecule has 13 heavy (non-hydrogen) atoms. The van der Waals surface area contributed by atoms with Crippen LogP contribution < -0.4 is 4.74 Å². The maximum atomic E-state index is 5.61. The van der Waals surface area contributed by atoms with Gasteiger partial charge >= 0.3 is 0 Å². The zero-order valence-corrected chi connectivity index (χ0v) is 8.25. The van der Waals surface area contributed by atoms with Crippen molar-refractivity contribution in [3.05, 3.63) is 36.8 Å². The lowest BCUT2D eigenvalue weighted by Gasteiger charge is -2.09. The summed E-state index contributed by atoms with van der Waals surface area (Å²) >= 11 is 0. The van der Waals surface area contributed by atoms with Crippen molar-refractivity contribution in [2.75, 3.05) is 6.61 Å². The van der Waals surface area contributed by atoms with E-state index < -0.39 is 0 Å². The van der Waals surface area contributed by atoms with Gasteiger partial charge in [-0.05, 0) is 30.9 Å². The average Bonchev–Trinajstić information content (AvgIpc) is 2.17. The molecule has 0 aliphatic heterocycles. The van der Waals surface area contributed by atoms with Crippen LogP contribution in [0.5, 0.6) is 5.75 Å². The van der Waals surface area contributed by atoms with Crippen LogP contribution in [0, 0.1) is 6.92 Å². The number of rotatable bonds is 5. The molecular weight excluding hydrogens is 160 g/mol. The van der Waals surface area contributed by atoms with Crippen LogP contribution in [0.2, 0.25) is 0 Å². The summed E-state index contributed by atoms with van der Waals surface area (Å²) in [6.07, 6.45) is 2.98. The number of para-hydroxylation sites is 1.